The third-order valence-corrected chi connectivity index (χ3v) is 2.42. The molecular formula is C9H18N2O3. The van der Waals surface area contributed by atoms with Crippen molar-refractivity contribution in [3.05, 3.63) is 0 Å². The second-order valence-electron chi connectivity index (χ2n) is 3.59. The molecule has 14 heavy (non-hydrogen) atoms. The molecule has 1 amide bonds. The van der Waals surface area contributed by atoms with E-state index >= 15 is 0 Å². The quantitative estimate of drug-likeness (QED) is 0.698. The topological polar surface area (TPSA) is 75.8 Å². The molecule has 5 nitrogen and oxygen atoms in total. The van der Waals surface area contributed by atoms with Crippen molar-refractivity contribution < 1.29 is 14.6 Å². The van der Waals surface area contributed by atoms with Crippen LogP contribution in [0.15, 0.2) is 0 Å². The lowest BCUT2D eigenvalue weighted by Crippen LogP contribution is -2.53. The monoisotopic (exact) mass is 202 g/mol. The molecule has 0 bridgehead atoms. The van der Waals surface area contributed by atoms with Crippen LogP contribution in [0.3, 0.4) is 0 Å². The predicted molar refractivity (Wildman–Crippen MR) is 52.2 cm³/mol. The van der Waals surface area contributed by atoms with Crippen LogP contribution in [0.4, 0.5) is 4.79 Å². The van der Waals surface area contributed by atoms with Gasteiger partial charge in [0.15, 0.2) is 0 Å². The third-order valence-electron chi connectivity index (χ3n) is 2.42. The molecule has 2 atom stereocenters. The summed E-state index contributed by atoms with van der Waals surface area (Å²) >= 11 is 0. The standard InChI is InChI=1S/C9H18N2O3/c1-2-5-14-8-6-11(9(12)13)4-3-7(8)10/h7-8H,2-6,10H2,1H3,(H,12,13)/t7-,8+/m1/s1. The van der Waals surface area contributed by atoms with Crippen LogP contribution in [0, 0.1) is 0 Å². The predicted octanol–water partition coefficient (Wildman–Crippen LogP) is 0.493. The minimum atomic E-state index is -0.887. The van der Waals surface area contributed by atoms with E-state index in [1.807, 2.05) is 6.92 Å². The molecule has 3 N–H and O–H groups in total. The molecule has 0 radical (unpaired) electrons. The Morgan fingerprint density at radius 1 is 1.71 bits per heavy atom. The van der Waals surface area contributed by atoms with Crippen molar-refractivity contribution in [2.75, 3.05) is 19.7 Å². The number of hydrogen-bond donors (Lipinski definition) is 2. The number of ether oxygens (including phenoxy) is 1. The number of piperidine rings is 1. The van der Waals surface area contributed by atoms with Gasteiger partial charge in [-0.3, -0.25) is 0 Å². The molecule has 0 unspecified atom stereocenters. The average molecular weight is 202 g/mol. The molecule has 5 heteroatoms. The molecule has 82 valence electrons. The first kappa shape index (κ1) is 11.3. The summed E-state index contributed by atoms with van der Waals surface area (Å²) in [7, 11) is 0. The highest BCUT2D eigenvalue weighted by molar-refractivity contribution is 5.65. The number of nitrogens with zero attached hydrogens (tertiary/aromatic N) is 1. The van der Waals surface area contributed by atoms with Gasteiger partial charge in [0.25, 0.3) is 0 Å². The lowest BCUT2D eigenvalue weighted by molar-refractivity contribution is -0.00851. The lowest BCUT2D eigenvalue weighted by Gasteiger charge is -2.35. The summed E-state index contributed by atoms with van der Waals surface area (Å²) in [4.78, 5) is 12.1. The SMILES string of the molecule is CCCO[C@H]1CN(C(=O)O)CC[C@H]1N. The fraction of sp³-hybridized carbons (Fsp3) is 0.889. The van der Waals surface area contributed by atoms with Gasteiger partial charge in [0.05, 0.1) is 12.6 Å². The maximum absolute atomic E-state index is 10.7. The summed E-state index contributed by atoms with van der Waals surface area (Å²) in [5.41, 5.74) is 5.84. The van der Waals surface area contributed by atoms with Gasteiger partial charge in [-0.25, -0.2) is 4.79 Å². The summed E-state index contributed by atoms with van der Waals surface area (Å²) in [6.45, 7) is 3.58. The Morgan fingerprint density at radius 3 is 3.00 bits per heavy atom. The van der Waals surface area contributed by atoms with Crippen LogP contribution in [-0.2, 0) is 4.74 Å². The molecule has 1 aliphatic rings. The van der Waals surface area contributed by atoms with Gasteiger partial charge in [-0.1, -0.05) is 6.92 Å². The third kappa shape index (κ3) is 2.85. The van der Waals surface area contributed by atoms with E-state index < -0.39 is 6.09 Å². The summed E-state index contributed by atoms with van der Waals surface area (Å²) in [5.74, 6) is 0. The van der Waals surface area contributed by atoms with Crippen LogP contribution < -0.4 is 5.73 Å². The largest absolute Gasteiger partial charge is 0.465 e. The molecule has 1 rings (SSSR count). The zero-order valence-corrected chi connectivity index (χ0v) is 8.48. The summed E-state index contributed by atoms with van der Waals surface area (Å²) < 4.78 is 5.49. The Labute approximate surface area is 83.8 Å². The molecule has 0 aliphatic carbocycles. The van der Waals surface area contributed by atoms with Gasteiger partial charge in [0, 0.05) is 19.2 Å². The van der Waals surface area contributed by atoms with Crippen molar-refractivity contribution in [2.45, 2.75) is 31.9 Å². The fourth-order valence-electron chi connectivity index (χ4n) is 1.55. The first-order chi connectivity index (χ1) is 6.65. The number of likely N-dealkylation sites (tertiary alicyclic amines) is 1. The Bertz CT molecular complexity index is 198. The molecule has 1 saturated heterocycles. The Kier molecular flexibility index (Phi) is 4.16. The lowest BCUT2D eigenvalue weighted by atomic mass is 10.0. The molecule has 1 aliphatic heterocycles. The fourth-order valence-corrected chi connectivity index (χ4v) is 1.55. The highest BCUT2D eigenvalue weighted by atomic mass is 16.5. The Balaban J connectivity index is 2.42. The zero-order valence-electron chi connectivity index (χ0n) is 8.48. The molecular weight excluding hydrogens is 184 g/mol. The highest BCUT2D eigenvalue weighted by Crippen LogP contribution is 2.12. The van der Waals surface area contributed by atoms with Gasteiger partial charge in [-0.15, -0.1) is 0 Å². The molecule has 0 aromatic carbocycles. The van der Waals surface area contributed by atoms with Crippen molar-refractivity contribution in [3.63, 3.8) is 0 Å². The molecule has 0 saturated carbocycles. The van der Waals surface area contributed by atoms with Gasteiger partial charge < -0.3 is 20.5 Å². The molecule has 0 aromatic rings. The van der Waals surface area contributed by atoms with E-state index in [1.165, 1.54) is 4.90 Å². The van der Waals surface area contributed by atoms with Gasteiger partial charge in [0.2, 0.25) is 0 Å². The van der Waals surface area contributed by atoms with E-state index in [9.17, 15) is 4.79 Å². The van der Waals surface area contributed by atoms with E-state index in [4.69, 9.17) is 15.6 Å². The minimum absolute atomic E-state index is 0.0304. The van der Waals surface area contributed by atoms with Gasteiger partial charge in [-0.2, -0.15) is 0 Å². The number of hydrogen-bond acceptors (Lipinski definition) is 3. The summed E-state index contributed by atoms with van der Waals surface area (Å²) in [6, 6.07) is -0.0304. The first-order valence-corrected chi connectivity index (χ1v) is 5.00. The first-order valence-electron chi connectivity index (χ1n) is 5.00. The zero-order chi connectivity index (χ0) is 10.6. The van der Waals surface area contributed by atoms with E-state index in [0.717, 1.165) is 6.42 Å². The van der Waals surface area contributed by atoms with Crippen LogP contribution in [0.25, 0.3) is 0 Å². The van der Waals surface area contributed by atoms with Crippen LogP contribution in [0.5, 0.6) is 0 Å². The normalized spacial score (nSPS) is 27.7. The van der Waals surface area contributed by atoms with Gasteiger partial charge in [-0.05, 0) is 12.8 Å². The number of amides is 1. The Hall–Kier alpha value is -0.810. The van der Waals surface area contributed by atoms with E-state index in [0.29, 0.717) is 26.1 Å². The molecule has 1 heterocycles. The van der Waals surface area contributed by atoms with E-state index in [-0.39, 0.29) is 12.1 Å². The van der Waals surface area contributed by atoms with Crippen molar-refractivity contribution in [1.82, 2.24) is 4.90 Å². The second-order valence-corrected chi connectivity index (χ2v) is 3.59. The van der Waals surface area contributed by atoms with Crippen molar-refractivity contribution >= 4 is 6.09 Å². The highest BCUT2D eigenvalue weighted by Gasteiger charge is 2.29. The summed E-state index contributed by atoms with van der Waals surface area (Å²) in [6.07, 6.45) is 0.582. The number of carbonyl (C=O) groups is 1. The van der Waals surface area contributed by atoms with Crippen molar-refractivity contribution in [3.8, 4) is 0 Å². The van der Waals surface area contributed by atoms with Crippen LogP contribution >= 0.6 is 0 Å². The number of rotatable bonds is 3. The molecule has 0 aromatic heterocycles. The van der Waals surface area contributed by atoms with Crippen molar-refractivity contribution in [1.29, 1.82) is 0 Å². The van der Waals surface area contributed by atoms with Gasteiger partial charge >= 0.3 is 6.09 Å². The molecule has 1 fully saturated rings. The number of carboxylic acid groups (broad SMARTS) is 1. The molecule has 0 spiro atoms. The second kappa shape index (κ2) is 5.17. The number of nitrogens with two attached hydrogens (primary N) is 1. The van der Waals surface area contributed by atoms with Gasteiger partial charge in [0.1, 0.15) is 0 Å². The summed E-state index contributed by atoms with van der Waals surface area (Å²) in [5, 5.41) is 8.80. The van der Waals surface area contributed by atoms with Crippen molar-refractivity contribution in [2.24, 2.45) is 5.73 Å². The Morgan fingerprint density at radius 2 is 2.43 bits per heavy atom. The minimum Gasteiger partial charge on any atom is -0.465 e. The maximum Gasteiger partial charge on any atom is 0.407 e. The van der Waals surface area contributed by atoms with E-state index in [1.54, 1.807) is 0 Å². The van der Waals surface area contributed by atoms with Crippen LogP contribution in [-0.4, -0.2) is 47.9 Å². The van der Waals surface area contributed by atoms with Crippen LogP contribution in [0.2, 0.25) is 0 Å². The maximum atomic E-state index is 10.7. The van der Waals surface area contributed by atoms with E-state index in [2.05, 4.69) is 0 Å². The van der Waals surface area contributed by atoms with Crippen LogP contribution in [0.1, 0.15) is 19.8 Å². The smallest absolute Gasteiger partial charge is 0.407 e. The average Bonchev–Trinajstić information content (AvgIpc) is 2.16.